The molecule has 1 N–H and O–H groups in total. The van der Waals surface area contributed by atoms with E-state index < -0.39 is 10.8 Å². The van der Waals surface area contributed by atoms with Crippen LogP contribution < -0.4 is 15.2 Å². The van der Waals surface area contributed by atoms with Crippen LogP contribution >= 0.6 is 15.9 Å². The normalized spacial score (nSPS) is 10.6. The Labute approximate surface area is 152 Å². The number of nitrogens with one attached hydrogen (secondary N) is 1. The number of nitro groups is 1. The van der Waals surface area contributed by atoms with E-state index in [9.17, 15) is 20.0 Å². The number of rotatable bonds is 6. The number of halogens is 1. The molecule has 1 amide bonds. The third kappa shape index (κ3) is 5.05. The summed E-state index contributed by atoms with van der Waals surface area (Å²) in [5.41, 5.74) is 0.654. The quantitative estimate of drug-likeness (QED) is 0.451. The number of nitrogens with zero attached hydrogens (tertiary/aromatic N) is 1. The molecule has 7 nitrogen and oxygen atoms in total. The molecule has 0 aliphatic heterocycles. The van der Waals surface area contributed by atoms with Gasteiger partial charge in [0.05, 0.1) is 12.0 Å². The summed E-state index contributed by atoms with van der Waals surface area (Å²) in [6.45, 7) is -0.0979. The molecule has 2 rings (SSSR count). The molecule has 130 valence electrons. The Hall–Kier alpha value is -2.87. The van der Waals surface area contributed by atoms with Crippen molar-refractivity contribution in [3.8, 4) is 11.5 Å². The number of nitro benzene ring substituents is 1. The maximum atomic E-state index is 11.9. The molecule has 0 fully saturated rings. The second kappa shape index (κ2) is 8.29. The highest BCUT2D eigenvalue weighted by molar-refractivity contribution is 9.10. The summed E-state index contributed by atoms with van der Waals surface area (Å²) in [6, 6.07) is 8.76. The van der Waals surface area contributed by atoms with Crippen LogP contribution in [0.5, 0.6) is 11.5 Å². The van der Waals surface area contributed by atoms with Crippen molar-refractivity contribution in [3.05, 3.63) is 68.2 Å². The second-order valence-electron chi connectivity index (χ2n) is 4.99. The Morgan fingerprint density at radius 2 is 2.08 bits per heavy atom. The lowest BCUT2D eigenvalue weighted by Crippen LogP contribution is -2.21. The van der Waals surface area contributed by atoms with Crippen LogP contribution in [0.15, 0.2) is 46.9 Å². The maximum absolute atomic E-state index is 11.9. The van der Waals surface area contributed by atoms with Crippen molar-refractivity contribution in [2.45, 2.75) is 6.54 Å². The molecule has 0 aromatic heterocycles. The van der Waals surface area contributed by atoms with E-state index in [1.165, 1.54) is 13.2 Å². The minimum atomic E-state index is -0.593. The van der Waals surface area contributed by atoms with Crippen LogP contribution in [-0.2, 0) is 11.3 Å². The molecule has 0 spiro atoms. The summed E-state index contributed by atoms with van der Waals surface area (Å²) in [4.78, 5) is 22.1. The average Bonchev–Trinajstić information content (AvgIpc) is 2.59. The summed E-state index contributed by atoms with van der Waals surface area (Å²) in [6.07, 6.45) is 2.87. The van der Waals surface area contributed by atoms with Gasteiger partial charge in [0.1, 0.15) is 5.75 Å². The van der Waals surface area contributed by atoms with E-state index in [2.05, 4.69) is 21.2 Å². The van der Waals surface area contributed by atoms with Gasteiger partial charge in [0.2, 0.25) is 5.91 Å². The van der Waals surface area contributed by atoms with E-state index in [4.69, 9.17) is 4.74 Å². The third-order valence-electron chi connectivity index (χ3n) is 3.31. The molecule has 0 atom stereocenters. The Morgan fingerprint density at radius 3 is 2.76 bits per heavy atom. The van der Waals surface area contributed by atoms with Crippen molar-refractivity contribution in [3.63, 3.8) is 0 Å². The van der Waals surface area contributed by atoms with E-state index in [-0.39, 0.29) is 23.5 Å². The number of carbonyl (C=O) groups excluding carboxylic acids is 1. The standard InChI is InChI=1S/C17H15BrN2O5/c1-25-16-6-3-13(18)8-11(16)2-7-17(22)19-10-12-9-14(20(23)24)4-5-15(12)21/h2-9,21H,10H2,1H3,(H,19,22)/p-1/b7-2+. The van der Waals surface area contributed by atoms with Gasteiger partial charge in [0, 0.05) is 34.8 Å². The predicted molar refractivity (Wildman–Crippen MR) is 94.1 cm³/mol. The summed E-state index contributed by atoms with van der Waals surface area (Å²) in [7, 11) is 1.53. The fraction of sp³-hybridized carbons (Fsp3) is 0.118. The van der Waals surface area contributed by atoms with Crippen molar-refractivity contribution >= 4 is 33.6 Å². The summed E-state index contributed by atoms with van der Waals surface area (Å²) in [5, 5.41) is 25.0. The number of hydrogen-bond donors (Lipinski definition) is 1. The zero-order valence-corrected chi connectivity index (χ0v) is 14.8. The number of ether oxygens (including phenoxy) is 1. The van der Waals surface area contributed by atoms with E-state index in [1.807, 2.05) is 6.07 Å². The number of non-ortho nitro benzene ring substituents is 1. The first-order valence-electron chi connectivity index (χ1n) is 7.14. The second-order valence-corrected chi connectivity index (χ2v) is 5.90. The molecular weight excluding hydrogens is 392 g/mol. The largest absolute Gasteiger partial charge is 0.872 e. The van der Waals surface area contributed by atoms with Crippen LogP contribution in [0.2, 0.25) is 0 Å². The van der Waals surface area contributed by atoms with Crippen LogP contribution in [-0.4, -0.2) is 17.9 Å². The van der Waals surface area contributed by atoms with Gasteiger partial charge in [-0.05, 0) is 29.8 Å². The van der Waals surface area contributed by atoms with Crippen LogP contribution in [0, 0.1) is 10.1 Å². The van der Waals surface area contributed by atoms with Gasteiger partial charge in [0.15, 0.2) is 0 Å². The minimum Gasteiger partial charge on any atom is -0.872 e. The number of methoxy groups -OCH3 is 1. The summed E-state index contributed by atoms with van der Waals surface area (Å²) < 4.78 is 6.04. The molecule has 8 heteroatoms. The van der Waals surface area contributed by atoms with Gasteiger partial charge in [-0.15, -0.1) is 5.75 Å². The van der Waals surface area contributed by atoms with Crippen LogP contribution in [0.4, 0.5) is 5.69 Å². The maximum Gasteiger partial charge on any atom is 0.269 e. The Kier molecular flexibility index (Phi) is 6.13. The van der Waals surface area contributed by atoms with E-state index in [0.717, 1.165) is 22.7 Å². The molecule has 0 saturated carbocycles. The van der Waals surface area contributed by atoms with Gasteiger partial charge in [-0.2, -0.15) is 0 Å². The molecule has 0 heterocycles. The van der Waals surface area contributed by atoms with Crippen molar-refractivity contribution < 1.29 is 19.6 Å². The average molecular weight is 406 g/mol. The fourth-order valence-electron chi connectivity index (χ4n) is 2.06. The van der Waals surface area contributed by atoms with Crippen LogP contribution in [0.25, 0.3) is 6.08 Å². The first kappa shape index (κ1) is 18.5. The number of hydrogen-bond acceptors (Lipinski definition) is 5. The molecule has 0 bridgehead atoms. The molecule has 2 aromatic carbocycles. The van der Waals surface area contributed by atoms with Gasteiger partial charge in [-0.1, -0.05) is 22.0 Å². The molecule has 0 unspecified atom stereocenters. The van der Waals surface area contributed by atoms with Gasteiger partial charge in [-0.25, -0.2) is 0 Å². The molecule has 2 aromatic rings. The first-order chi connectivity index (χ1) is 11.9. The smallest absolute Gasteiger partial charge is 0.269 e. The lowest BCUT2D eigenvalue weighted by atomic mass is 10.1. The van der Waals surface area contributed by atoms with E-state index in [0.29, 0.717) is 11.3 Å². The van der Waals surface area contributed by atoms with Gasteiger partial charge >= 0.3 is 0 Å². The first-order valence-corrected chi connectivity index (χ1v) is 7.94. The molecule has 0 radical (unpaired) electrons. The Balaban J connectivity index is 2.05. The molecule has 0 aliphatic carbocycles. The number of benzene rings is 2. The minimum absolute atomic E-state index is 0.0979. The summed E-state index contributed by atoms with van der Waals surface area (Å²) >= 11 is 3.34. The zero-order valence-electron chi connectivity index (χ0n) is 13.2. The highest BCUT2D eigenvalue weighted by Gasteiger charge is 2.07. The monoisotopic (exact) mass is 405 g/mol. The number of carbonyl (C=O) groups is 1. The Bertz CT molecular complexity index is 836. The Morgan fingerprint density at radius 1 is 1.32 bits per heavy atom. The molecule has 0 aliphatic rings. The van der Waals surface area contributed by atoms with E-state index in [1.54, 1.807) is 18.2 Å². The molecule has 25 heavy (non-hydrogen) atoms. The summed E-state index contributed by atoms with van der Waals surface area (Å²) in [5.74, 6) is -0.204. The van der Waals surface area contributed by atoms with Gasteiger partial charge in [-0.3, -0.25) is 14.9 Å². The fourth-order valence-corrected chi connectivity index (χ4v) is 2.44. The SMILES string of the molecule is COc1ccc(Br)cc1/C=C/C(=O)NCc1cc([N+](=O)[O-])ccc1[O-]. The van der Waals surface area contributed by atoms with Crippen molar-refractivity contribution in [2.24, 2.45) is 0 Å². The van der Waals surface area contributed by atoms with Gasteiger partial charge < -0.3 is 15.2 Å². The van der Waals surface area contributed by atoms with Crippen LogP contribution in [0.1, 0.15) is 11.1 Å². The number of amides is 1. The van der Waals surface area contributed by atoms with Gasteiger partial charge in [0.25, 0.3) is 5.69 Å². The van der Waals surface area contributed by atoms with Crippen molar-refractivity contribution in [1.29, 1.82) is 0 Å². The van der Waals surface area contributed by atoms with Crippen molar-refractivity contribution in [2.75, 3.05) is 7.11 Å². The highest BCUT2D eigenvalue weighted by Crippen LogP contribution is 2.24. The zero-order chi connectivity index (χ0) is 18.4. The van der Waals surface area contributed by atoms with Crippen LogP contribution in [0.3, 0.4) is 0 Å². The lowest BCUT2D eigenvalue weighted by Gasteiger charge is -2.13. The predicted octanol–water partition coefficient (Wildman–Crippen LogP) is 2.77. The van der Waals surface area contributed by atoms with Crippen molar-refractivity contribution in [1.82, 2.24) is 5.32 Å². The molecular formula is C17H14BrN2O5-. The van der Waals surface area contributed by atoms with E-state index >= 15 is 0 Å². The highest BCUT2D eigenvalue weighted by atomic mass is 79.9. The third-order valence-corrected chi connectivity index (χ3v) is 3.81. The topological polar surface area (TPSA) is 105 Å². The lowest BCUT2D eigenvalue weighted by molar-refractivity contribution is -0.385. The molecule has 0 saturated heterocycles.